The van der Waals surface area contributed by atoms with E-state index >= 15 is 0 Å². The lowest BCUT2D eigenvalue weighted by Gasteiger charge is -2.20. The maximum absolute atomic E-state index is 14.1. The van der Waals surface area contributed by atoms with Gasteiger partial charge in [0.2, 0.25) is 0 Å². The number of halogens is 1. The third kappa shape index (κ3) is 3.45. The van der Waals surface area contributed by atoms with Crippen molar-refractivity contribution in [1.29, 1.82) is 0 Å². The van der Waals surface area contributed by atoms with E-state index in [2.05, 4.69) is 20.3 Å². The molecular formula is C18H20FN7O. The average molecular weight is 369 g/mol. The number of carbonyl (C=O) groups excluding carboxylic acids is 1. The molecule has 0 aromatic carbocycles. The minimum atomic E-state index is -0.513. The molecule has 1 fully saturated rings. The number of fused-ring (bicyclic) bond motifs is 1. The van der Waals surface area contributed by atoms with E-state index < -0.39 is 11.7 Å². The van der Waals surface area contributed by atoms with Gasteiger partial charge in [-0.2, -0.15) is 0 Å². The predicted octanol–water partition coefficient (Wildman–Crippen LogP) is 1.75. The number of hydrogen-bond donors (Lipinski definition) is 2. The van der Waals surface area contributed by atoms with E-state index in [0.717, 1.165) is 13.0 Å². The van der Waals surface area contributed by atoms with Crippen molar-refractivity contribution in [3.63, 3.8) is 0 Å². The number of hydrogen-bond acceptors (Lipinski definition) is 6. The Labute approximate surface area is 155 Å². The lowest BCUT2D eigenvalue weighted by atomic mass is 10.0. The quantitative estimate of drug-likeness (QED) is 0.729. The van der Waals surface area contributed by atoms with Crippen molar-refractivity contribution in [2.24, 2.45) is 5.73 Å². The molecule has 27 heavy (non-hydrogen) atoms. The number of imidazole rings is 1. The number of aromatic nitrogens is 4. The zero-order valence-electron chi connectivity index (χ0n) is 15.1. The molecule has 1 atom stereocenters. The molecule has 3 aromatic heterocycles. The van der Waals surface area contributed by atoms with Gasteiger partial charge in [-0.05, 0) is 20.3 Å². The minimum Gasteiger partial charge on any atom is -0.353 e. The topological polar surface area (TPSA) is 101 Å². The van der Waals surface area contributed by atoms with Gasteiger partial charge in [-0.1, -0.05) is 0 Å². The van der Waals surface area contributed by atoms with E-state index in [0.29, 0.717) is 23.7 Å². The number of nitrogens with zero attached hydrogens (tertiary/aromatic N) is 5. The molecule has 4 rings (SSSR count). The second kappa shape index (κ2) is 6.27. The van der Waals surface area contributed by atoms with Crippen molar-refractivity contribution in [2.45, 2.75) is 25.8 Å². The van der Waals surface area contributed by atoms with Gasteiger partial charge in [0.25, 0.3) is 5.91 Å². The summed E-state index contributed by atoms with van der Waals surface area (Å²) in [7, 11) is 0. The molecule has 1 saturated heterocycles. The highest BCUT2D eigenvalue weighted by atomic mass is 19.1. The van der Waals surface area contributed by atoms with Crippen LogP contribution in [0.25, 0.3) is 5.65 Å². The molecule has 0 bridgehead atoms. The Hall–Kier alpha value is -3.07. The first-order valence-electron chi connectivity index (χ1n) is 8.63. The average Bonchev–Trinajstić information content (AvgIpc) is 3.17. The fraction of sp³-hybridized carbons (Fsp3) is 0.333. The summed E-state index contributed by atoms with van der Waals surface area (Å²) in [4.78, 5) is 27.0. The van der Waals surface area contributed by atoms with Gasteiger partial charge in [0.15, 0.2) is 11.5 Å². The normalized spacial score (nSPS) is 19.6. The van der Waals surface area contributed by atoms with Gasteiger partial charge in [0.05, 0.1) is 23.8 Å². The number of nitrogens with two attached hydrogens (primary N) is 1. The van der Waals surface area contributed by atoms with Gasteiger partial charge in [0.1, 0.15) is 11.5 Å². The maximum Gasteiger partial charge on any atom is 0.275 e. The van der Waals surface area contributed by atoms with Crippen LogP contribution in [0.5, 0.6) is 0 Å². The molecule has 9 heteroatoms. The summed E-state index contributed by atoms with van der Waals surface area (Å²) >= 11 is 0. The van der Waals surface area contributed by atoms with Gasteiger partial charge < -0.3 is 20.4 Å². The van der Waals surface area contributed by atoms with Crippen LogP contribution in [0.3, 0.4) is 0 Å². The molecule has 0 unspecified atom stereocenters. The second-order valence-electron chi connectivity index (χ2n) is 7.23. The molecule has 1 amide bonds. The first kappa shape index (κ1) is 17.3. The van der Waals surface area contributed by atoms with Crippen molar-refractivity contribution in [2.75, 3.05) is 23.3 Å². The van der Waals surface area contributed by atoms with Crippen molar-refractivity contribution >= 4 is 23.1 Å². The summed E-state index contributed by atoms with van der Waals surface area (Å²) in [5.74, 6) is -0.294. The van der Waals surface area contributed by atoms with Gasteiger partial charge in [-0.3, -0.25) is 4.79 Å². The molecule has 0 aliphatic carbocycles. The van der Waals surface area contributed by atoms with Crippen LogP contribution in [-0.2, 0) is 0 Å². The summed E-state index contributed by atoms with van der Waals surface area (Å²) < 4.78 is 15.7. The fourth-order valence-electron chi connectivity index (χ4n) is 3.22. The predicted molar refractivity (Wildman–Crippen MR) is 99.3 cm³/mol. The van der Waals surface area contributed by atoms with Crippen LogP contribution < -0.4 is 16.0 Å². The minimum absolute atomic E-state index is 0.149. The lowest BCUT2D eigenvalue weighted by Crippen LogP contribution is -2.39. The van der Waals surface area contributed by atoms with Crippen LogP contribution in [-0.4, -0.2) is 43.9 Å². The highest BCUT2D eigenvalue weighted by molar-refractivity contribution is 6.02. The molecule has 8 nitrogen and oxygen atoms in total. The van der Waals surface area contributed by atoms with E-state index in [1.54, 1.807) is 25.5 Å². The number of amides is 1. The molecule has 1 aliphatic heterocycles. The van der Waals surface area contributed by atoms with Crippen LogP contribution in [0.2, 0.25) is 0 Å². The summed E-state index contributed by atoms with van der Waals surface area (Å²) in [5.41, 5.74) is 7.25. The van der Waals surface area contributed by atoms with E-state index in [1.165, 1.54) is 16.7 Å². The Kier molecular flexibility index (Phi) is 4.03. The standard InChI is InChI=1S/C18H20FN7O/c1-11-8-26-9-12(5-13(19)16(26)23-11)24-17(27)14-6-22-15(7-21-14)25-4-3-18(2,20)10-25/h5-9H,3-4,10,20H2,1-2H3,(H,24,27)/t18-/m0/s1. The van der Waals surface area contributed by atoms with Crippen LogP contribution in [0.15, 0.2) is 30.9 Å². The maximum atomic E-state index is 14.1. The molecule has 3 N–H and O–H groups in total. The Morgan fingerprint density at radius 2 is 2.15 bits per heavy atom. The third-order valence-corrected chi connectivity index (χ3v) is 4.58. The molecular weight excluding hydrogens is 349 g/mol. The molecule has 0 spiro atoms. The van der Waals surface area contributed by atoms with Crippen LogP contribution in [0.4, 0.5) is 15.9 Å². The summed E-state index contributed by atoms with van der Waals surface area (Å²) in [5, 5.41) is 2.64. The fourth-order valence-corrected chi connectivity index (χ4v) is 3.22. The number of pyridine rings is 1. The van der Waals surface area contributed by atoms with E-state index in [9.17, 15) is 9.18 Å². The monoisotopic (exact) mass is 369 g/mol. The summed E-state index contributed by atoms with van der Waals surface area (Å²) in [6.45, 7) is 5.27. The smallest absolute Gasteiger partial charge is 0.275 e. The highest BCUT2D eigenvalue weighted by Crippen LogP contribution is 2.23. The lowest BCUT2D eigenvalue weighted by molar-refractivity contribution is 0.102. The molecule has 0 saturated carbocycles. The zero-order chi connectivity index (χ0) is 19.2. The Morgan fingerprint density at radius 3 is 2.81 bits per heavy atom. The van der Waals surface area contributed by atoms with Crippen LogP contribution in [0.1, 0.15) is 29.5 Å². The molecule has 3 aromatic rings. The SMILES string of the molecule is Cc1cn2cc(NC(=O)c3cnc(N4CC[C@](C)(N)C4)cn3)cc(F)c2n1. The molecule has 140 valence electrons. The largest absolute Gasteiger partial charge is 0.353 e. The number of anilines is 2. The zero-order valence-corrected chi connectivity index (χ0v) is 15.1. The number of aryl methyl sites for hydroxylation is 1. The van der Waals surface area contributed by atoms with Crippen molar-refractivity contribution in [3.05, 3.63) is 48.1 Å². The van der Waals surface area contributed by atoms with Crippen molar-refractivity contribution < 1.29 is 9.18 Å². The number of rotatable bonds is 3. The highest BCUT2D eigenvalue weighted by Gasteiger charge is 2.30. The third-order valence-electron chi connectivity index (χ3n) is 4.58. The summed E-state index contributed by atoms with van der Waals surface area (Å²) in [6, 6.07) is 1.23. The Balaban J connectivity index is 1.50. The number of carbonyl (C=O) groups is 1. The van der Waals surface area contributed by atoms with E-state index in [1.807, 2.05) is 11.8 Å². The van der Waals surface area contributed by atoms with Crippen LogP contribution in [0, 0.1) is 12.7 Å². The Bertz CT molecular complexity index is 1010. The van der Waals surface area contributed by atoms with Gasteiger partial charge in [-0.15, -0.1) is 0 Å². The van der Waals surface area contributed by atoms with Crippen molar-refractivity contribution in [3.8, 4) is 0 Å². The molecule has 1 aliphatic rings. The Morgan fingerprint density at radius 1 is 1.33 bits per heavy atom. The molecule has 0 radical (unpaired) electrons. The van der Waals surface area contributed by atoms with Crippen LogP contribution >= 0.6 is 0 Å². The van der Waals surface area contributed by atoms with Gasteiger partial charge in [-0.25, -0.2) is 19.3 Å². The van der Waals surface area contributed by atoms with E-state index in [-0.39, 0.29) is 16.9 Å². The van der Waals surface area contributed by atoms with Gasteiger partial charge in [0, 0.05) is 37.1 Å². The van der Waals surface area contributed by atoms with Crippen molar-refractivity contribution in [1.82, 2.24) is 19.4 Å². The van der Waals surface area contributed by atoms with Gasteiger partial charge >= 0.3 is 0 Å². The first-order valence-corrected chi connectivity index (χ1v) is 8.63. The number of nitrogens with one attached hydrogen (secondary N) is 1. The second-order valence-corrected chi connectivity index (χ2v) is 7.23. The first-order chi connectivity index (χ1) is 12.8. The summed E-state index contributed by atoms with van der Waals surface area (Å²) in [6.07, 6.45) is 7.12. The van der Waals surface area contributed by atoms with E-state index in [4.69, 9.17) is 5.73 Å². The molecule has 4 heterocycles.